The first kappa shape index (κ1) is 19.0. The summed E-state index contributed by atoms with van der Waals surface area (Å²) >= 11 is 0. The molecule has 134 valence electrons. The van der Waals surface area contributed by atoms with E-state index >= 15 is 0 Å². The van der Waals surface area contributed by atoms with E-state index in [0.29, 0.717) is 30.8 Å². The Morgan fingerprint density at radius 1 is 1.13 bits per heavy atom. The third-order valence-electron chi connectivity index (χ3n) is 5.42. The van der Waals surface area contributed by atoms with Gasteiger partial charge in [0, 0.05) is 32.2 Å². The summed E-state index contributed by atoms with van der Waals surface area (Å²) in [4.78, 5) is 14.0. The van der Waals surface area contributed by atoms with Crippen LogP contribution in [0.3, 0.4) is 0 Å². The van der Waals surface area contributed by atoms with E-state index < -0.39 is 15.8 Å². The first-order valence-corrected chi connectivity index (χ1v) is 10.1. The highest BCUT2D eigenvalue weighted by molar-refractivity contribution is 7.90. The lowest BCUT2D eigenvalue weighted by atomic mass is 9.88. The minimum atomic E-state index is -3.52. The van der Waals surface area contributed by atoms with Crippen molar-refractivity contribution in [1.82, 2.24) is 14.9 Å². The van der Waals surface area contributed by atoms with Gasteiger partial charge in [0.1, 0.15) is 5.75 Å². The molecule has 2 heterocycles. The Morgan fingerprint density at radius 2 is 1.70 bits per heavy atom. The van der Waals surface area contributed by atoms with Gasteiger partial charge in [0.05, 0.1) is 0 Å². The molecule has 0 radical (unpaired) electrons. The Hall–Kier alpha value is -0.370. The fourth-order valence-corrected chi connectivity index (χ4v) is 5.32. The molecule has 2 saturated heterocycles. The molecule has 0 spiro atoms. The van der Waals surface area contributed by atoms with Crippen LogP contribution in [0, 0.1) is 17.8 Å². The Bertz CT molecular complexity index is 508. The van der Waals surface area contributed by atoms with Crippen molar-refractivity contribution in [2.75, 3.05) is 31.9 Å². The van der Waals surface area contributed by atoms with E-state index in [1.165, 1.54) is 0 Å². The standard InChI is InChI=1S/C15H27N3O3S.ClH/c1-11-2-4-14(5-3-11)17-22(20,21)10-15(19)18-8-12-6-16-7-13(12)9-18;/h11-14,16-17H,2-10H2,1H3;1H/t11?,12-,13+,14?;. The second-order valence-electron chi connectivity index (χ2n) is 7.31. The average molecular weight is 366 g/mol. The maximum absolute atomic E-state index is 12.3. The van der Waals surface area contributed by atoms with Gasteiger partial charge in [-0.05, 0) is 43.4 Å². The third-order valence-corrected chi connectivity index (χ3v) is 6.74. The molecule has 6 nitrogen and oxygen atoms in total. The van der Waals surface area contributed by atoms with Crippen LogP contribution in [0.1, 0.15) is 32.6 Å². The second-order valence-corrected chi connectivity index (χ2v) is 9.06. The van der Waals surface area contributed by atoms with E-state index in [0.717, 1.165) is 38.8 Å². The van der Waals surface area contributed by atoms with Gasteiger partial charge in [-0.1, -0.05) is 6.92 Å². The molecule has 1 aliphatic carbocycles. The van der Waals surface area contributed by atoms with E-state index in [2.05, 4.69) is 17.0 Å². The van der Waals surface area contributed by atoms with Crippen LogP contribution in [-0.4, -0.2) is 57.2 Å². The van der Waals surface area contributed by atoms with Crippen LogP contribution in [0.4, 0.5) is 0 Å². The minimum absolute atomic E-state index is 0. The van der Waals surface area contributed by atoms with Crippen LogP contribution < -0.4 is 10.0 Å². The predicted octanol–water partition coefficient (Wildman–Crippen LogP) is 0.584. The maximum atomic E-state index is 12.3. The van der Waals surface area contributed by atoms with Gasteiger partial charge >= 0.3 is 0 Å². The molecule has 3 fully saturated rings. The first-order chi connectivity index (χ1) is 10.4. The molecule has 0 aromatic carbocycles. The lowest BCUT2D eigenvalue weighted by Crippen LogP contribution is -2.43. The van der Waals surface area contributed by atoms with Gasteiger partial charge in [-0.25, -0.2) is 13.1 Å². The van der Waals surface area contributed by atoms with Gasteiger partial charge in [0.15, 0.2) is 0 Å². The van der Waals surface area contributed by atoms with Crippen LogP contribution in [0.5, 0.6) is 0 Å². The number of halogens is 1. The predicted molar refractivity (Wildman–Crippen MR) is 92.0 cm³/mol. The summed E-state index contributed by atoms with van der Waals surface area (Å²) in [6.45, 7) is 5.49. The van der Waals surface area contributed by atoms with Crippen molar-refractivity contribution < 1.29 is 13.2 Å². The first-order valence-electron chi connectivity index (χ1n) is 8.41. The van der Waals surface area contributed by atoms with Gasteiger partial charge in [-0.2, -0.15) is 0 Å². The molecular formula is C15H28ClN3O3S. The molecule has 23 heavy (non-hydrogen) atoms. The minimum Gasteiger partial charge on any atom is -0.341 e. The lowest BCUT2D eigenvalue weighted by molar-refractivity contribution is -0.127. The normalized spacial score (nSPS) is 34.0. The van der Waals surface area contributed by atoms with Crippen molar-refractivity contribution in [3.63, 3.8) is 0 Å². The molecule has 1 saturated carbocycles. The molecule has 0 bridgehead atoms. The van der Waals surface area contributed by atoms with Crippen molar-refractivity contribution >= 4 is 28.3 Å². The number of carbonyl (C=O) groups excluding carboxylic acids is 1. The number of likely N-dealkylation sites (tertiary alicyclic amines) is 1. The number of amides is 1. The highest BCUT2D eigenvalue weighted by Crippen LogP contribution is 2.27. The Balaban J connectivity index is 0.00000192. The fourth-order valence-electron chi connectivity index (χ4n) is 3.99. The summed E-state index contributed by atoms with van der Waals surface area (Å²) in [6.07, 6.45) is 3.88. The number of fused-ring (bicyclic) bond motifs is 1. The zero-order valence-corrected chi connectivity index (χ0v) is 15.3. The second kappa shape index (κ2) is 7.68. The highest BCUT2D eigenvalue weighted by Gasteiger charge is 2.39. The molecule has 0 aromatic rings. The number of rotatable bonds is 4. The van der Waals surface area contributed by atoms with Crippen molar-refractivity contribution in [2.24, 2.45) is 17.8 Å². The Morgan fingerprint density at radius 3 is 2.26 bits per heavy atom. The van der Waals surface area contributed by atoms with Gasteiger partial charge in [-0.15, -0.1) is 12.4 Å². The highest BCUT2D eigenvalue weighted by atomic mass is 35.5. The van der Waals surface area contributed by atoms with Crippen molar-refractivity contribution in [2.45, 2.75) is 38.6 Å². The van der Waals surface area contributed by atoms with Crippen molar-refractivity contribution in [3.8, 4) is 0 Å². The summed E-state index contributed by atoms with van der Waals surface area (Å²) in [5.74, 6) is 1.04. The average Bonchev–Trinajstić information content (AvgIpc) is 3.01. The number of nitrogens with one attached hydrogen (secondary N) is 2. The topological polar surface area (TPSA) is 78.5 Å². The van der Waals surface area contributed by atoms with Crippen LogP contribution in [-0.2, 0) is 14.8 Å². The third kappa shape index (κ3) is 4.81. The number of hydrogen-bond acceptors (Lipinski definition) is 4. The molecule has 1 amide bonds. The molecule has 8 heteroatoms. The molecule has 2 aliphatic heterocycles. The van der Waals surface area contributed by atoms with Gasteiger partial charge in [-0.3, -0.25) is 4.79 Å². The molecular weight excluding hydrogens is 338 g/mol. The molecule has 0 unspecified atom stereocenters. The quantitative estimate of drug-likeness (QED) is 0.764. The van der Waals surface area contributed by atoms with Crippen LogP contribution >= 0.6 is 12.4 Å². The summed E-state index contributed by atoms with van der Waals surface area (Å²) < 4.78 is 27.2. The maximum Gasteiger partial charge on any atom is 0.239 e. The van der Waals surface area contributed by atoms with E-state index in [-0.39, 0.29) is 24.4 Å². The lowest BCUT2D eigenvalue weighted by Gasteiger charge is -2.27. The van der Waals surface area contributed by atoms with Crippen LogP contribution in [0.25, 0.3) is 0 Å². The van der Waals surface area contributed by atoms with Crippen molar-refractivity contribution in [3.05, 3.63) is 0 Å². The van der Waals surface area contributed by atoms with Gasteiger partial charge in [0.25, 0.3) is 0 Å². The Kier molecular flexibility index (Phi) is 6.33. The largest absolute Gasteiger partial charge is 0.341 e. The summed E-state index contributed by atoms with van der Waals surface area (Å²) in [5, 5.41) is 3.32. The Labute approximate surface area is 145 Å². The van der Waals surface area contributed by atoms with Crippen LogP contribution in [0.15, 0.2) is 0 Å². The van der Waals surface area contributed by atoms with Crippen LogP contribution in [0.2, 0.25) is 0 Å². The monoisotopic (exact) mass is 365 g/mol. The summed E-state index contributed by atoms with van der Waals surface area (Å²) in [5.41, 5.74) is 0. The smallest absolute Gasteiger partial charge is 0.239 e. The van der Waals surface area contributed by atoms with E-state index in [4.69, 9.17) is 0 Å². The van der Waals surface area contributed by atoms with Gasteiger partial charge < -0.3 is 10.2 Å². The molecule has 3 aliphatic rings. The molecule has 0 aromatic heterocycles. The summed E-state index contributed by atoms with van der Waals surface area (Å²) in [7, 11) is -3.52. The van der Waals surface area contributed by atoms with E-state index in [1.807, 2.05) is 0 Å². The number of carbonyl (C=O) groups is 1. The van der Waals surface area contributed by atoms with Gasteiger partial charge in [0.2, 0.25) is 15.9 Å². The molecule has 2 N–H and O–H groups in total. The number of nitrogens with zero attached hydrogens (tertiary/aromatic N) is 1. The molecule has 2 atom stereocenters. The number of sulfonamides is 1. The fraction of sp³-hybridized carbons (Fsp3) is 0.933. The van der Waals surface area contributed by atoms with E-state index in [1.54, 1.807) is 4.90 Å². The van der Waals surface area contributed by atoms with E-state index in [9.17, 15) is 13.2 Å². The SMILES string of the molecule is CC1CCC(NS(=O)(=O)CC(=O)N2C[C@H]3CNC[C@H]3C2)CC1.Cl. The zero-order valence-electron chi connectivity index (χ0n) is 13.7. The van der Waals surface area contributed by atoms with Crippen molar-refractivity contribution in [1.29, 1.82) is 0 Å². The molecule has 3 rings (SSSR count). The number of hydrogen-bond donors (Lipinski definition) is 2. The zero-order chi connectivity index (χ0) is 15.7. The summed E-state index contributed by atoms with van der Waals surface area (Å²) in [6, 6.07) is 0.0103.